The fraction of sp³-hybridized carbons (Fsp3) is 0.619. The van der Waals surface area contributed by atoms with Crippen molar-refractivity contribution in [2.75, 3.05) is 31.2 Å². The van der Waals surface area contributed by atoms with Gasteiger partial charge in [0.2, 0.25) is 10.0 Å². The second kappa shape index (κ2) is 10.8. The highest BCUT2D eigenvalue weighted by Crippen LogP contribution is 2.22. The number of amides is 1. The van der Waals surface area contributed by atoms with Crippen LogP contribution in [0.2, 0.25) is 0 Å². The standard InChI is InChI=1S/C21H32N2O7S2/c1-5-16(4)23(18-11-12-31(26,27)15-18)20(24)14-30-21(25)17-9-8-10-19(13-17)32(28,29)22(6-2)7-3/h8-10,13,16,18H,5-7,11-12,14-15H2,1-4H3. The molecule has 1 heterocycles. The number of nitrogens with zero attached hydrogens (tertiary/aromatic N) is 2. The minimum atomic E-state index is -3.75. The molecule has 0 aromatic heterocycles. The monoisotopic (exact) mass is 488 g/mol. The molecule has 180 valence electrons. The van der Waals surface area contributed by atoms with Gasteiger partial charge in [0.15, 0.2) is 16.4 Å². The summed E-state index contributed by atoms with van der Waals surface area (Å²) in [6.45, 7) is 7.21. The number of rotatable bonds is 10. The van der Waals surface area contributed by atoms with E-state index < -0.39 is 44.4 Å². The molecule has 2 atom stereocenters. The van der Waals surface area contributed by atoms with Crippen LogP contribution in [0.5, 0.6) is 0 Å². The molecule has 2 unspecified atom stereocenters. The SMILES string of the molecule is CCC(C)N(C(=O)COC(=O)c1cccc(S(=O)(=O)N(CC)CC)c1)C1CCS(=O)(=O)C1. The lowest BCUT2D eigenvalue weighted by atomic mass is 10.1. The molecular formula is C21H32N2O7S2. The van der Waals surface area contributed by atoms with Crippen molar-refractivity contribution in [1.82, 2.24) is 9.21 Å². The number of carbonyl (C=O) groups is 2. The predicted octanol–water partition coefficient (Wildman–Crippen LogP) is 1.69. The maximum atomic E-state index is 12.8. The fourth-order valence-electron chi connectivity index (χ4n) is 3.78. The van der Waals surface area contributed by atoms with Gasteiger partial charge in [-0.05, 0) is 38.0 Å². The lowest BCUT2D eigenvalue weighted by molar-refractivity contribution is -0.138. The van der Waals surface area contributed by atoms with Crippen LogP contribution in [0, 0.1) is 0 Å². The molecule has 32 heavy (non-hydrogen) atoms. The summed E-state index contributed by atoms with van der Waals surface area (Å²) in [4.78, 5) is 26.8. The quantitative estimate of drug-likeness (QED) is 0.460. The third-order valence-corrected chi connectivity index (χ3v) is 9.49. The van der Waals surface area contributed by atoms with Crippen LogP contribution in [0.3, 0.4) is 0 Å². The first-order valence-corrected chi connectivity index (χ1v) is 14.0. The molecule has 1 aliphatic rings. The third kappa shape index (κ3) is 6.08. The van der Waals surface area contributed by atoms with Gasteiger partial charge in [-0.2, -0.15) is 4.31 Å². The maximum Gasteiger partial charge on any atom is 0.338 e. The Balaban J connectivity index is 2.13. The molecule has 2 rings (SSSR count). The number of carbonyl (C=O) groups excluding carboxylic acids is 2. The number of ether oxygens (including phenoxy) is 1. The molecule has 1 aromatic rings. The summed E-state index contributed by atoms with van der Waals surface area (Å²) in [5, 5.41) is 0. The van der Waals surface area contributed by atoms with Crippen LogP contribution in [0.1, 0.15) is 50.9 Å². The normalized spacial score (nSPS) is 19.0. The number of benzene rings is 1. The zero-order valence-electron chi connectivity index (χ0n) is 19.0. The molecule has 1 fully saturated rings. The minimum Gasteiger partial charge on any atom is -0.452 e. The van der Waals surface area contributed by atoms with Gasteiger partial charge >= 0.3 is 5.97 Å². The minimum absolute atomic E-state index is 0.0181. The number of sulfonamides is 1. The zero-order valence-corrected chi connectivity index (χ0v) is 20.6. The van der Waals surface area contributed by atoms with Gasteiger partial charge in [0, 0.05) is 25.2 Å². The Hall–Kier alpha value is -1.98. The smallest absolute Gasteiger partial charge is 0.338 e. The van der Waals surface area contributed by atoms with Gasteiger partial charge in [0.1, 0.15) is 0 Å². The number of hydrogen-bond acceptors (Lipinski definition) is 7. The summed E-state index contributed by atoms with van der Waals surface area (Å²) in [6.07, 6.45) is 0.985. The van der Waals surface area contributed by atoms with Gasteiger partial charge in [-0.25, -0.2) is 21.6 Å². The molecule has 0 N–H and O–H groups in total. The molecule has 1 aromatic carbocycles. The summed E-state index contributed by atoms with van der Waals surface area (Å²) >= 11 is 0. The average molecular weight is 489 g/mol. The van der Waals surface area contributed by atoms with Gasteiger partial charge in [0.05, 0.1) is 22.0 Å². The molecule has 0 radical (unpaired) electrons. The van der Waals surface area contributed by atoms with Gasteiger partial charge in [0.25, 0.3) is 5.91 Å². The summed E-state index contributed by atoms with van der Waals surface area (Å²) in [6, 6.07) is 4.86. The van der Waals surface area contributed by atoms with Crippen molar-refractivity contribution in [2.45, 2.75) is 57.5 Å². The Bertz CT molecular complexity index is 1030. The van der Waals surface area contributed by atoms with Crippen LogP contribution >= 0.6 is 0 Å². The Morgan fingerprint density at radius 2 is 1.84 bits per heavy atom. The van der Waals surface area contributed by atoms with Crippen molar-refractivity contribution in [3.05, 3.63) is 29.8 Å². The topological polar surface area (TPSA) is 118 Å². The molecular weight excluding hydrogens is 456 g/mol. The Morgan fingerprint density at radius 3 is 2.38 bits per heavy atom. The van der Waals surface area contributed by atoms with E-state index in [1.807, 2.05) is 13.8 Å². The van der Waals surface area contributed by atoms with E-state index in [0.29, 0.717) is 25.9 Å². The highest BCUT2D eigenvalue weighted by Gasteiger charge is 2.36. The number of hydrogen-bond donors (Lipinski definition) is 0. The second-order valence-electron chi connectivity index (χ2n) is 7.81. The highest BCUT2D eigenvalue weighted by molar-refractivity contribution is 7.91. The summed E-state index contributed by atoms with van der Waals surface area (Å²) in [7, 11) is -6.93. The summed E-state index contributed by atoms with van der Waals surface area (Å²) in [5.74, 6) is -1.35. The van der Waals surface area contributed by atoms with E-state index in [4.69, 9.17) is 4.74 Å². The zero-order chi connectivity index (χ0) is 24.1. The molecule has 0 aliphatic carbocycles. The van der Waals surface area contributed by atoms with E-state index in [9.17, 15) is 26.4 Å². The molecule has 1 amide bonds. The first-order chi connectivity index (χ1) is 15.0. The van der Waals surface area contributed by atoms with Crippen LogP contribution in [-0.4, -0.2) is 81.2 Å². The highest BCUT2D eigenvalue weighted by atomic mass is 32.2. The van der Waals surface area contributed by atoms with E-state index >= 15 is 0 Å². The van der Waals surface area contributed by atoms with E-state index in [2.05, 4.69) is 0 Å². The lowest BCUT2D eigenvalue weighted by Crippen LogP contribution is -2.48. The predicted molar refractivity (Wildman–Crippen MR) is 120 cm³/mol. The van der Waals surface area contributed by atoms with Crippen molar-refractivity contribution >= 4 is 31.7 Å². The molecule has 11 heteroatoms. The van der Waals surface area contributed by atoms with Crippen LogP contribution in [-0.2, 0) is 29.4 Å². The Morgan fingerprint density at radius 1 is 1.19 bits per heavy atom. The Kier molecular flexibility index (Phi) is 8.83. The first kappa shape index (κ1) is 26.3. The van der Waals surface area contributed by atoms with Crippen LogP contribution in [0.15, 0.2) is 29.2 Å². The number of sulfone groups is 1. The van der Waals surface area contributed by atoms with E-state index in [1.165, 1.54) is 33.5 Å². The van der Waals surface area contributed by atoms with Crippen LogP contribution in [0.4, 0.5) is 0 Å². The lowest BCUT2D eigenvalue weighted by Gasteiger charge is -2.33. The van der Waals surface area contributed by atoms with E-state index in [-0.39, 0.29) is 28.0 Å². The molecule has 1 aliphatic heterocycles. The third-order valence-electron chi connectivity index (χ3n) is 5.70. The Labute approximate surface area is 190 Å². The van der Waals surface area contributed by atoms with Crippen LogP contribution < -0.4 is 0 Å². The van der Waals surface area contributed by atoms with Gasteiger partial charge in [-0.3, -0.25) is 4.79 Å². The molecule has 1 saturated heterocycles. The fourth-order valence-corrected chi connectivity index (χ4v) is 7.00. The van der Waals surface area contributed by atoms with Crippen molar-refractivity contribution in [3.8, 4) is 0 Å². The van der Waals surface area contributed by atoms with Gasteiger partial charge < -0.3 is 9.64 Å². The van der Waals surface area contributed by atoms with E-state index in [0.717, 1.165) is 0 Å². The first-order valence-electron chi connectivity index (χ1n) is 10.8. The average Bonchev–Trinajstić information content (AvgIpc) is 3.11. The van der Waals surface area contributed by atoms with Crippen molar-refractivity contribution in [2.24, 2.45) is 0 Å². The number of esters is 1. The largest absolute Gasteiger partial charge is 0.452 e. The summed E-state index contributed by atoms with van der Waals surface area (Å²) in [5.41, 5.74) is 0.0181. The van der Waals surface area contributed by atoms with Crippen molar-refractivity contribution < 1.29 is 31.2 Å². The second-order valence-corrected chi connectivity index (χ2v) is 12.0. The van der Waals surface area contributed by atoms with Crippen molar-refractivity contribution in [1.29, 1.82) is 0 Å². The van der Waals surface area contributed by atoms with E-state index in [1.54, 1.807) is 13.8 Å². The van der Waals surface area contributed by atoms with Gasteiger partial charge in [-0.15, -0.1) is 0 Å². The van der Waals surface area contributed by atoms with Crippen molar-refractivity contribution in [3.63, 3.8) is 0 Å². The molecule has 0 saturated carbocycles. The maximum absolute atomic E-state index is 12.8. The molecule has 9 nitrogen and oxygen atoms in total. The molecule has 0 bridgehead atoms. The van der Waals surface area contributed by atoms with Crippen LogP contribution in [0.25, 0.3) is 0 Å². The molecule has 0 spiro atoms. The summed E-state index contributed by atoms with van der Waals surface area (Å²) < 4.78 is 55.6. The van der Waals surface area contributed by atoms with Gasteiger partial charge in [-0.1, -0.05) is 26.8 Å².